The third-order valence-electron chi connectivity index (χ3n) is 1.45. The van der Waals surface area contributed by atoms with Crippen LogP contribution in [0.3, 0.4) is 0 Å². The minimum atomic E-state index is 0.685. The molecule has 0 amide bonds. The minimum absolute atomic E-state index is 0.685. The molecule has 0 saturated heterocycles. The first-order valence-corrected chi connectivity index (χ1v) is 7.28. The van der Waals surface area contributed by atoms with Crippen LogP contribution in [0.25, 0.3) is 0 Å². The summed E-state index contributed by atoms with van der Waals surface area (Å²) in [6.45, 7) is 20.6. The van der Waals surface area contributed by atoms with E-state index in [1.165, 1.54) is 5.57 Å². The lowest BCUT2D eigenvalue weighted by Gasteiger charge is -1.94. The molecule has 0 N–H and O–H groups in total. The van der Waals surface area contributed by atoms with Crippen molar-refractivity contribution in [3.63, 3.8) is 0 Å². The fourth-order valence-corrected chi connectivity index (χ4v) is 0.644. The highest BCUT2D eigenvalue weighted by atomic mass is 13.9. The molecule has 0 bridgehead atoms. The Bertz CT molecular complexity index is 156. The van der Waals surface area contributed by atoms with Crippen LogP contribution < -0.4 is 0 Å². The van der Waals surface area contributed by atoms with Gasteiger partial charge in [-0.05, 0) is 26.2 Å². The summed E-state index contributed by atoms with van der Waals surface area (Å²) in [6, 6.07) is 0. The first kappa shape index (κ1) is 30.2. The van der Waals surface area contributed by atoms with Gasteiger partial charge in [-0.3, -0.25) is 0 Å². The summed E-state index contributed by atoms with van der Waals surface area (Å²) < 4.78 is 0. The van der Waals surface area contributed by atoms with Gasteiger partial charge in [0.1, 0.15) is 0 Å². The standard InChI is InChI=1S/C10H18.3C2H6.C2H2/c1-5-10(4)8-6-7-9(2)3;4*1-2/h5-7,9H,8H2,1-4H3;3*1-2H3;1-2H/b7-6-,10-5+;;;;. The van der Waals surface area contributed by atoms with Crippen LogP contribution in [-0.4, -0.2) is 0 Å². The van der Waals surface area contributed by atoms with Gasteiger partial charge in [0, 0.05) is 0 Å². The average Bonchev–Trinajstić information content (AvgIpc) is 2.47. The number of hydrogen-bond donors (Lipinski definition) is 0. The summed E-state index contributed by atoms with van der Waals surface area (Å²) in [6.07, 6.45) is 15.7. The normalized spacial score (nSPS) is 8.61. The summed E-state index contributed by atoms with van der Waals surface area (Å²) in [5.41, 5.74) is 1.44. The highest BCUT2D eigenvalue weighted by Crippen LogP contribution is 2.02. The second-order valence-corrected chi connectivity index (χ2v) is 3.01. The molecule has 0 rings (SSSR count). The fraction of sp³-hybridized carbons (Fsp3) is 0.667. The predicted octanol–water partition coefficient (Wildman–Crippen LogP) is 6.88. The Morgan fingerprint density at radius 2 is 1.28 bits per heavy atom. The van der Waals surface area contributed by atoms with E-state index in [0.29, 0.717) is 5.92 Å². The first-order valence-electron chi connectivity index (χ1n) is 7.28. The van der Waals surface area contributed by atoms with E-state index >= 15 is 0 Å². The van der Waals surface area contributed by atoms with Crippen molar-refractivity contribution in [1.82, 2.24) is 0 Å². The van der Waals surface area contributed by atoms with Crippen molar-refractivity contribution in [2.75, 3.05) is 0 Å². The van der Waals surface area contributed by atoms with Gasteiger partial charge >= 0.3 is 0 Å². The van der Waals surface area contributed by atoms with E-state index in [4.69, 9.17) is 0 Å². The third-order valence-corrected chi connectivity index (χ3v) is 1.45. The predicted molar refractivity (Wildman–Crippen MR) is 92.0 cm³/mol. The summed E-state index contributed by atoms with van der Waals surface area (Å²) in [5, 5.41) is 0. The van der Waals surface area contributed by atoms with Crippen LogP contribution in [0.15, 0.2) is 23.8 Å². The highest BCUT2D eigenvalue weighted by Gasteiger charge is 1.84. The van der Waals surface area contributed by atoms with Gasteiger partial charge < -0.3 is 0 Å². The van der Waals surface area contributed by atoms with E-state index in [1.54, 1.807) is 0 Å². The van der Waals surface area contributed by atoms with Gasteiger partial charge in [-0.25, -0.2) is 0 Å². The van der Waals surface area contributed by atoms with Crippen molar-refractivity contribution in [2.45, 2.75) is 75.7 Å². The van der Waals surface area contributed by atoms with Gasteiger partial charge in [-0.15, -0.1) is 12.8 Å². The molecule has 0 aromatic heterocycles. The molecule has 0 unspecified atom stereocenters. The zero-order valence-corrected chi connectivity index (χ0v) is 14.7. The zero-order chi connectivity index (χ0) is 16.0. The molecule has 0 aromatic rings. The van der Waals surface area contributed by atoms with Gasteiger partial charge in [0.2, 0.25) is 0 Å². The monoisotopic (exact) mass is 254 g/mol. The topological polar surface area (TPSA) is 0 Å². The van der Waals surface area contributed by atoms with Crippen molar-refractivity contribution in [3.8, 4) is 12.8 Å². The Balaban J connectivity index is -0.0000000596. The van der Waals surface area contributed by atoms with Crippen LogP contribution in [0.5, 0.6) is 0 Å². The highest BCUT2D eigenvalue weighted by molar-refractivity contribution is 5.03. The number of terminal acetylenes is 1. The molecule has 0 aliphatic heterocycles. The summed E-state index contributed by atoms with van der Waals surface area (Å²) in [5.74, 6) is 0.685. The molecule has 0 aliphatic rings. The van der Waals surface area contributed by atoms with Gasteiger partial charge in [-0.1, -0.05) is 79.2 Å². The van der Waals surface area contributed by atoms with Crippen molar-refractivity contribution >= 4 is 0 Å². The van der Waals surface area contributed by atoms with E-state index in [1.807, 2.05) is 41.5 Å². The quantitative estimate of drug-likeness (QED) is 0.380. The Labute approximate surface area is 119 Å². The molecule has 0 saturated carbocycles. The number of hydrogen-bond acceptors (Lipinski definition) is 0. The Kier molecular flexibility index (Phi) is 74.6. The van der Waals surface area contributed by atoms with Crippen molar-refractivity contribution in [1.29, 1.82) is 0 Å². The molecule has 0 aliphatic carbocycles. The Morgan fingerprint density at radius 1 is 0.944 bits per heavy atom. The first-order chi connectivity index (χ1) is 8.66. The Hall–Kier alpha value is -0.960. The molecule has 0 atom stereocenters. The molecule has 0 radical (unpaired) electrons. The second-order valence-electron chi connectivity index (χ2n) is 3.01. The second kappa shape index (κ2) is 44.4. The molecule has 0 nitrogen and oxygen atoms in total. The molecule has 0 aromatic carbocycles. The molecule has 18 heavy (non-hydrogen) atoms. The van der Waals surface area contributed by atoms with Crippen LogP contribution >= 0.6 is 0 Å². The van der Waals surface area contributed by atoms with Crippen LogP contribution in [0.4, 0.5) is 0 Å². The lowest BCUT2D eigenvalue weighted by molar-refractivity contribution is 0.827. The average molecular weight is 255 g/mol. The molecule has 0 spiro atoms. The van der Waals surface area contributed by atoms with E-state index in [-0.39, 0.29) is 0 Å². The fourth-order valence-electron chi connectivity index (χ4n) is 0.644. The maximum atomic E-state index is 4.00. The van der Waals surface area contributed by atoms with Crippen LogP contribution in [-0.2, 0) is 0 Å². The van der Waals surface area contributed by atoms with Crippen LogP contribution in [0.1, 0.15) is 75.7 Å². The summed E-state index contributed by atoms with van der Waals surface area (Å²) in [4.78, 5) is 0. The SMILES string of the molecule is C#C.C/C=C(\C)C/C=C\C(C)C.CC.CC.CC. The van der Waals surface area contributed by atoms with Crippen molar-refractivity contribution in [3.05, 3.63) is 23.8 Å². The molecule has 0 heteroatoms. The van der Waals surface area contributed by atoms with Crippen LogP contribution in [0.2, 0.25) is 0 Å². The van der Waals surface area contributed by atoms with Gasteiger partial charge in [-0.2, -0.15) is 0 Å². The summed E-state index contributed by atoms with van der Waals surface area (Å²) >= 11 is 0. The molecule has 110 valence electrons. The van der Waals surface area contributed by atoms with E-state index in [9.17, 15) is 0 Å². The minimum Gasteiger partial charge on any atom is -0.124 e. The van der Waals surface area contributed by atoms with E-state index in [2.05, 4.69) is 58.8 Å². The Morgan fingerprint density at radius 3 is 1.50 bits per heavy atom. The number of allylic oxidation sites excluding steroid dienone is 4. The van der Waals surface area contributed by atoms with Gasteiger partial charge in [0.05, 0.1) is 0 Å². The zero-order valence-electron chi connectivity index (χ0n) is 14.7. The van der Waals surface area contributed by atoms with Crippen molar-refractivity contribution < 1.29 is 0 Å². The third kappa shape index (κ3) is 59.8. The lowest BCUT2D eigenvalue weighted by atomic mass is 10.1. The van der Waals surface area contributed by atoms with Crippen molar-refractivity contribution in [2.24, 2.45) is 5.92 Å². The maximum Gasteiger partial charge on any atom is -0.0142 e. The molecule has 0 heterocycles. The van der Waals surface area contributed by atoms with E-state index in [0.717, 1.165) is 6.42 Å². The number of rotatable bonds is 3. The largest absolute Gasteiger partial charge is 0.124 e. The molecular formula is C18H38. The van der Waals surface area contributed by atoms with Gasteiger partial charge in [0.15, 0.2) is 0 Å². The van der Waals surface area contributed by atoms with E-state index < -0.39 is 0 Å². The smallest absolute Gasteiger partial charge is 0.0142 e. The summed E-state index contributed by atoms with van der Waals surface area (Å²) in [7, 11) is 0. The van der Waals surface area contributed by atoms with Gasteiger partial charge in [0.25, 0.3) is 0 Å². The molecular weight excluding hydrogens is 216 g/mol. The van der Waals surface area contributed by atoms with Crippen LogP contribution in [0, 0.1) is 18.8 Å². The molecule has 0 fully saturated rings. The maximum absolute atomic E-state index is 4.00. The lowest BCUT2D eigenvalue weighted by Crippen LogP contribution is -1.77.